The summed E-state index contributed by atoms with van der Waals surface area (Å²) in [5.74, 6) is 0.124. The number of nitriles is 1. The van der Waals surface area contributed by atoms with E-state index in [1.807, 2.05) is 50.4 Å². The van der Waals surface area contributed by atoms with Gasteiger partial charge in [0.25, 0.3) is 5.91 Å². The van der Waals surface area contributed by atoms with Crippen LogP contribution in [0, 0.1) is 17.2 Å². The Morgan fingerprint density at radius 3 is 2.52 bits per heavy atom. The fourth-order valence-electron chi connectivity index (χ4n) is 4.39. The standard InChI is InChI=1S/C30H36N4O6/c1-20(2)15-26(33-40-14-8-13-31)29(35)34(19-21-11-12-23(37-3)17-28(21)38-4)27(30(36)39-5)16-22-18-32-25-10-7-6-9-24(22)25/h6-7,9-12,17-18,20,27,32H,8,14-16,19H2,1-5H3/t27-/m0/s1. The molecule has 1 amide bonds. The third-order valence-electron chi connectivity index (χ3n) is 6.36. The van der Waals surface area contributed by atoms with Crippen molar-refractivity contribution >= 4 is 28.5 Å². The lowest BCUT2D eigenvalue weighted by Gasteiger charge is -2.31. The van der Waals surface area contributed by atoms with Crippen LogP contribution in [0.3, 0.4) is 0 Å². The molecule has 2 aromatic carbocycles. The molecule has 1 heterocycles. The molecule has 0 unspecified atom stereocenters. The van der Waals surface area contributed by atoms with E-state index in [0.717, 1.165) is 16.5 Å². The molecule has 1 aromatic heterocycles. The molecule has 0 saturated carbocycles. The number of para-hydroxylation sites is 1. The van der Waals surface area contributed by atoms with Gasteiger partial charge in [0.15, 0.2) is 0 Å². The van der Waals surface area contributed by atoms with Crippen molar-refractivity contribution in [3.05, 3.63) is 59.8 Å². The zero-order valence-electron chi connectivity index (χ0n) is 23.6. The van der Waals surface area contributed by atoms with E-state index in [1.54, 1.807) is 25.3 Å². The number of nitrogens with one attached hydrogen (secondary N) is 1. The number of rotatable bonds is 14. The maximum atomic E-state index is 14.2. The molecule has 10 heteroatoms. The van der Waals surface area contributed by atoms with E-state index in [4.69, 9.17) is 24.3 Å². The minimum absolute atomic E-state index is 0.0312. The summed E-state index contributed by atoms with van der Waals surface area (Å²) in [7, 11) is 4.39. The second-order valence-corrected chi connectivity index (χ2v) is 9.59. The maximum absolute atomic E-state index is 14.2. The highest BCUT2D eigenvalue weighted by Gasteiger charge is 2.35. The van der Waals surface area contributed by atoms with Gasteiger partial charge < -0.3 is 28.9 Å². The second kappa shape index (κ2) is 14.6. The van der Waals surface area contributed by atoms with Gasteiger partial charge in [-0.2, -0.15) is 5.26 Å². The summed E-state index contributed by atoms with van der Waals surface area (Å²) >= 11 is 0. The van der Waals surface area contributed by atoms with Gasteiger partial charge >= 0.3 is 5.97 Å². The van der Waals surface area contributed by atoms with Crippen molar-refractivity contribution in [3.8, 4) is 17.6 Å². The number of carbonyl (C=O) groups excluding carboxylic acids is 2. The summed E-state index contributed by atoms with van der Waals surface area (Å²) in [4.78, 5) is 37.5. The highest BCUT2D eigenvalue weighted by Crippen LogP contribution is 2.28. The molecule has 0 bridgehead atoms. The van der Waals surface area contributed by atoms with E-state index in [1.165, 1.54) is 19.1 Å². The number of oxime groups is 1. The Labute approximate surface area is 234 Å². The van der Waals surface area contributed by atoms with Crippen LogP contribution in [0.1, 0.15) is 37.8 Å². The van der Waals surface area contributed by atoms with Gasteiger partial charge in [-0.3, -0.25) is 4.79 Å². The zero-order valence-corrected chi connectivity index (χ0v) is 23.6. The fraction of sp³-hybridized carbons (Fsp3) is 0.400. The minimum atomic E-state index is -0.986. The number of aromatic nitrogens is 1. The molecule has 1 atom stereocenters. The summed E-state index contributed by atoms with van der Waals surface area (Å²) in [6.45, 7) is 3.99. The first-order chi connectivity index (χ1) is 19.3. The predicted molar refractivity (Wildman–Crippen MR) is 151 cm³/mol. The molecular weight excluding hydrogens is 512 g/mol. The Kier molecular flexibility index (Phi) is 10.9. The number of fused-ring (bicyclic) bond motifs is 1. The molecule has 3 aromatic rings. The number of amides is 1. The quantitative estimate of drug-likeness (QED) is 0.135. The average Bonchev–Trinajstić information content (AvgIpc) is 3.38. The second-order valence-electron chi connectivity index (χ2n) is 9.59. The molecule has 212 valence electrons. The van der Waals surface area contributed by atoms with E-state index >= 15 is 0 Å². The van der Waals surface area contributed by atoms with E-state index in [0.29, 0.717) is 23.5 Å². The lowest BCUT2D eigenvalue weighted by Crippen LogP contribution is -2.49. The number of hydrogen-bond donors (Lipinski definition) is 1. The average molecular weight is 549 g/mol. The lowest BCUT2D eigenvalue weighted by molar-refractivity contribution is -0.151. The van der Waals surface area contributed by atoms with Crippen LogP contribution < -0.4 is 9.47 Å². The Morgan fingerprint density at radius 2 is 1.85 bits per heavy atom. The molecule has 0 aliphatic carbocycles. The Bertz CT molecular complexity index is 1370. The van der Waals surface area contributed by atoms with Crippen LogP contribution in [0.2, 0.25) is 0 Å². The monoisotopic (exact) mass is 548 g/mol. The lowest BCUT2D eigenvalue weighted by atomic mass is 10.00. The SMILES string of the molecule is COC(=O)[C@H](Cc1c[nH]c2ccccc12)N(Cc1ccc(OC)cc1OC)C(=O)C(CC(C)C)=NOCCC#N. The minimum Gasteiger partial charge on any atom is -0.497 e. The number of hydrogen-bond acceptors (Lipinski definition) is 8. The van der Waals surface area contributed by atoms with Gasteiger partial charge in [0, 0.05) is 41.6 Å². The Hall–Kier alpha value is -4.52. The summed E-state index contributed by atoms with van der Waals surface area (Å²) in [6.07, 6.45) is 2.48. The van der Waals surface area contributed by atoms with E-state index < -0.39 is 17.9 Å². The number of H-pyrrole nitrogens is 1. The van der Waals surface area contributed by atoms with Crippen molar-refractivity contribution in [2.75, 3.05) is 27.9 Å². The van der Waals surface area contributed by atoms with E-state index in [2.05, 4.69) is 10.1 Å². The van der Waals surface area contributed by atoms with Crippen molar-refractivity contribution in [2.24, 2.45) is 11.1 Å². The molecule has 40 heavy (non-hydrogen) atoms. The van der Waals surface area contributed by atoms with E-state index in [-0.39, 0.29) is 37.6 Å². The molecule has 0 aliphatic heterocycles. The largest absolute Gasteiger partial charge is 0.497 e. The van der Waals surface area contributed by atoms with Gasteiger partial charge in [-0.25, -0.2) is 4.79 Å². The van der Waals surface area contributed by atoms with Crippen LogP contribution in [0.5, 0.6) is 11.5 Å². The normalized spacial score (nSPS) is 12.1. The third kappa shape index (κ3) is 7.53. The van der Waals surface area contributed by atoms with Crippen molar-refractivity contribution in [1.29, 1.82) is 5.26 Å². The van der Waals surface area contributed by atoms with Gasteiger partial charge in [0.1, 0.15) is 29.9 Å². The number of carbonyl (C=O) groups is 2. The topological polar surface area (TPSA) is 126 Å². The molecule has 0 spiro atoms. The summed E-state index contributed by atoms with van der Waals surface area (Å²) in [5.41, 5.74) is 2.59. The Morgan fingerprint density at radius 1 is 1.07 bits per heavy atom. The summed E-state index contributed by atoms with van der Waals surface area (Å²) in [6, 6.07) is 14.0. The van der Waals surface area contributed by atoms with Gasteiger partial charge in [-0.05, 0) is 29.7 Å². The number of methoxy groups -OCH3 is 3. The molecule has 10 nitrogen and oxygen atoms in total. The highest BCUT2D eigenvalue weighted by atomic mass is 16.6. The van der Waals surface area contributed by atoms with Gasteiger partial charge in [0.2, 0.25) is 0 Å². The van der Waals surface area contributed by atoms with Crippen LogP contribution in [0.4, 0.5) is 0 Å². The number of ether oxygens (including phenoxy) is 3. The van der Waals surface area contributed by atoms with Crippen LogP contribution in [-0.2, 0) is 32.1 Å². The van der Waals surface area contributed by atoms with Crippen LogP contribution in [0.25, 0.3) is 10.9 Å². The van der Waals surface area contributed by atoms with Crippen LogP contribution in [0.15, 0.2) is 53.8 Å². The van der Waals surface area contributed by atoms with Crippen molar-refractivity contribution in [2.45, 2.75) is 45.7 Å². The highest BCUT2D eigenvalue weighted by molar-refractivity contribution is 6.39. The Balaban J connectivity index is 2.10. The molecule has 0 fully saturated rings. The summed E-state index contributed by atoms with van der Waals surface area (Å²) in [5, 5.41) is 13.9. The van der Waals surface area contributed by atoms with Crippen molar-refractivity contribution in [3.63, 3.8) is 0 Å². The number of nitrogens with zero attached hydrogens (tertiary/aromatic N) is 3. The first kappa shape index (κ1) is 30.0. The first-order valence-corrected chi connectivity index (χ1v) is 13.0. The van der Waals surface area contributed by atoms with E-state index in [9.17, 15) is 9.59 Å². The van der Waals surface area contributed by atoms with Crippen LogP contribution in [-0.4, -0.2) is 61.5 Å². The molecule has 0 aliphatic rings. The molecular formula is C30H36N4O6. The zero-order chi connectivity index (χ0) is 29.1. The number of esters is 1. The van der Waals surface area contributed by atoms with Gasteiger partial charge in [0.05, 0.1) is 40.4 Å². The summed E-state index contributed by atoms with van der Waals surface area (Å²) < 4.78 is 16.1. The van der Waals surface area contributed by atoms with Gasteiger partial charge in [-0.15, -0.1) is 0 Å². The van der Waals surface area contributed by atoms with Crippen molar-refractivity contribution in [1.82, 2.24) is 9.88 Å². The first-order valence-electron chi connectivity index (χ1n) is 13.0. The smallest absolute Gasteiger partial charge is 0.328 e. The maximum Gasteiger partial charge on any atom is 0.328 e. The van der Waals surface area contributed by atoms with Gasteiger partial charge in [-0.1, -0.05) is 37.2 Å². The molecule has 1 N–H and O–H groups in total. The predicted octanol–water partition coefficient (Wildman–Crippen LogP) is 4.63. The molecule has 0 saturated heterocycles. The van der Waals surface area contributed by atoms with Crippen LogP contribution >= 0.6 is 0 Å². The number of aromatic amines is 1. The molecule has 3 rings (SSSR count). The molecule has 0 radical (unpaired) electrons. The number of benzene rings is 2. The van der Waals surface area contributed by atoms with Crippen molar-refractivity contribution < 1.29 is 28.6 Å². The third-order valence-corrected chi connectivity index (χ3v) is 6.36. The fourth-order valence-corrected chi connectivity index (χ4v) is 4.39.